The SMILES string of the molecule is c1ccc([Si](c2ccccc2)(c2ccccc2)c2ccc3c(c2)-c2cccc4c2B(O3)c2cc(-n3c5ccccc5c5ccccc53)ccc2O4)cc1. The molecule has 11 rings (SSSR count). The molecule has 0 saturated carbocycles. The van der Waals surface area contributed by atoms with Crippen LogP contribution in [-0.4, -0.2) is 19.6 Å². The molecule has 248 valence electrons. The molecule has 9 aromatic rings. The number of ether oxygens (including phenoxy) is 1. The van der Waals surface area contributed by atoms with Crippen LogP contribution in [0.15, 0.2) is 194 Å². The van der Waals surface area contributed by atoms with Crippen molar-refractivity contribution in [2.75, 3.05) is 0 Å². The quantitative estimate of drug-likeness (QED) is 0.138. The maximum absolute atomic E-state index is 7.12. The van der Waals surface area contributed by atoms with E-state index >= 15 is 0 Å². The van der Waals surface area contributed by atoms with E-state index < -0.39 is 8.07 Å². The first-order valence-corrected chi connectivity index (χ1v) is 20.2. The van der Waals surface area contributed by atoms with Crippen molar-refractivity contribution in [3.8, 4) is 34.1 Å². The van der Waals surface area contributed by atoms with Gasteiger partial charge < -0.3 is 14.0 Å². The number of aromatic nitrogens is 1. The molecule has 1 aromatic heterocycles. The Kier molecular flexibility index (Phi) is 6.67. The van der Waals surface area contributed by atoms with Crippen molar-refractivity contribution >= 4 is 68.5 Å². The summed E-state index contributed by atoms with van der Waals surface area (Å²) in [5.41, 5.74) is 7.80. The molecule has 0 spiro atoms. The summed E-state index contributed by atoms with van der Waals surface area (Å²) in [4.78, 5) is 0. The van der Waals surface area contributed by atoms with E-state index in [1.165, 1.54) is 42.6 Å². The summed E-state index contributed by atoms with van der Waals surface area (Å²) in [7, 11) is -2.74. The highest BCUT2D eigenvalue weighted by molar-refractivity contribution is 7.20. The molecule has 8 aromatic carbocycles. The molecule has 0 bridgehead atoms. The molecule has 0 fully saturated rings. The number of hydrogen-bond acceptors (Lipinski definition) is 2. The smallest absolute Gasteiger partial charge is 0.434 e. The van der Waals surface area contributed by atoms with Crippen molar-refractivity contribution in [3.05, 3.63) is 194 Å². The minimum Gasteiger partial charge on any atom is -0.551 e. The number of benzene rings is 8. The first kappa shape index (κ1) is 30.1. The summed E-state index contributed by atoms with van der Waals surface area (Å²) in [6.07, 6.45) is 0. The average Bonchev–Trinajstić information content (AvgIpc) is 3.57. The highest BCUT2D eigenvalue weighted by atomic mass is 28.3. The zero-order chi connectivity index (χ0) is 34.9. The predicted molar refractivity (Wildman–Crippen MR) is 222 cm³/mol. The van der Waals surface area contributed by atoms with E-state index in [1.807, 2.05) is 0 Å². The Labute approximate surface area is 309 Å². The number of hydrogen-bond donors (Lipinski definition) is 0. The lowest BCUT2D eigenvalue weighted by Crippen LogP contribution is -2.74. The molecular formula is C48H32BNO2Si. The van der Waals surface area contributed by atoms with Crippen molar-refractivity contribution in [1.82, 2.24) is 4.57 Å². The second-order valence-electron chi connectivity index (χ2n) is 14.0. The van der Waals surface area contributed by atoms with Crippen LogP contribution in [0.25, 0.3) is 38.6 Å². The summed E-state index contributed by atoms with van der Waals surface area (Å²) in [6, 6.07) is 70.4. The van der Waals surface area contributed by atoms with Crippen molar-refractivity contribution in [2.45, 2.75) is 0 Å². The van der Waals surface area contributed by atoms with Crippen molar-refractivity contribution in [1.29, 1.82) is 0 Å². The zero-order valence-corrected chi connectivity index (χ0v) is 29.8. The minimum absolute atomic E-state index is 0.310. The van der Waals surface area contributed by atoms with Crippen molar-refractivity contribution < 1.29 is 9.39 Å². The van der Waals surface area contributed by atoms with E-state index in [9.17, 15) is 0 Å². The number of rotatable bonds is 5. The molecule has 3 nitrogen and oxygen atoms in total. The van der Waals surface area contributed by atoms with Crippen LogP contribution >= 0.6 is 0 Å². The fraction of sp³-hybridized carbons (Fsp3) is 0. The van der Waals surface area contributed by atoms with Gasteiger partial charge in [0, 0.05) is 32.9 Å². The Morgan fingerprint density at radius 3 is 1.60 bits per heavy atom. The Morgan fingerprint density at radius 1 is 0.415 bits per heavy atom. The van der Waals surface area contributed by atoms with Gasteiger partial charge in [-0.05, 0) is 68.8 Å². The van der Waals surface area contributed by atoms with E-state index in [2.05, 4.69) is 199 Å². The maximum Gasteiger partial charge on any atom is 0.434 e. The van der Waals surface area contributed by atoms with Gasteiger partial charge >= 0.3 is 6.92 Å². The summed E-state index contributed by atoms with van der Waals surface area (Å²) < 4.78 is 16.2. The number of fused-ring (bicyclic) bond motifs is 7. The van der Waals surface area contributed by atoms with E-state index in [0.29, 0.717) is 0 Å². The molecule has 0 unspecified atom stereocenters. The van der Waals surface area contributed by atoms with E-state index in [0.717, 1.165) is 45.0 Å². The highest BCUT2D eigenvalue weighted by Crippen LogP contribution is 2.39. The van der Waals surface area contributed by atoms with Crippen LogP contribution < -0.4 is 41.1 Å². The Balaban J connectivity index is 1.10. The van der Waals surface area contributed by atoms with E-state index in [1.54, 1.807) is 0 Å². The summed E-state index contributed by atoms with van der Waals surface area (Å²) in [6.45, 7) is -0.310. The first-order chi connectivity index (χ1) is 26.3. The second-order valence-corrected chi connectivity index (χ2v) is 17.8. The zero-order valence-electron chi connectivity index (χ0n) is 28.8. The molecule has 0 N–H and O–H groups in total. The molecule has 53 heavy (non-hydrogen) atoms. The summed E-state index contributed by atoms with van der Waals surface area (Å²) in [5, 5.41) is 7.82. The van der Waals surface area contributed by atoms with Crippen LogP contribution in [-0.2, 0) is 0 Å². The van der Waals surface area contributed by atoms with Gasteiger partial charge in [0.1, 0.15) is 17.2 Å². The average molecular weight is 694 g/mol. The van der Waals surface area contributed by atoms with E-state index in [-0.39, 0.29) is 6.92 Å². The number of para-hydroxylation sites is 2. The molecule has 3 heterocycles. The van der Waals surface area contributed by atoms with Gasteiger partial charge in [-0.1, -0.05) is 152 Å². The molecule has 5 heteroatoms. The van der Waals surface area contributed by atoms with Crippen LogP contribution in [0.1, 0.15) is 0 Å². The highest BCUT2D eigenvalue weighted by Gasteiger charge is 2.44. The Morgan fingerprint density at radius 2 is 0.981 bits per heavy atom. The van der Waals surface area contributed by atoms with Gasteiger partial charge in [-0.2, -0.15) is 0 Å². The summed E-state index contributed by atoms with van der Waals surface area (Å²) in [5.74, 6) is 2.56. The molecule has 0 amide bonds. The van der Waals surface area contributed by atoms with Crippen LogP contribution in [0.4, 0.5) is 0 Å². The number of nitrogens with zero attached hydrogens (tertiary/aromatic N) is 1. The van der Waals surface area contributed by atoms with Gasteiger partial charge in [0.2, 0.25) is 0 Å². The predicted octanol–water partition coefficient (Wildman–Crippen LogP) is 7.43. The topological polar surface area (TPSA) is 23.4 Å². The molecule has 0 atom stereocenters. The van der Waals surface area contributed by atoms with Gasteiger partial charge in [-0.15, -0.1) is 0 Å². The minimum atomic E-state index is -2.74. The molecule has 0 aliphatic carbocycles. The Bertz CT molecular complexity index is 2700. The third-order valence-corrected chi connectivity index (χ3v) is 16.0. The third-order valence-electron chi connectivity index (χ3n) is 11.2. The van der Waals surface area contributed by atoms with Crippen molar-refractivity contribution in [2.24, 2.45) is 0 Å². The van der Waals surface area contributed by atoms with Gasteiger partial charge in [0.05, 0.1) is 11.0 Å². The lowest BCUT2D eigenvalue weighted by Gasteiger charge is -2.36. The van der Waals surface area contributed by atoms with Crippen LogP contribution in [0.5, 0.6) is 17.2 Å². The van der Waals surface area contributed by atoms with Crippen molar-refractivity contribution in [3.63, 3.8) is 0 Å². The summed E-state index contributed by atoms with van der Waals surface area (Å²) >= 11 is 0. The normalized spacial score (nSPS) is 12.8. The van der Waals surface area contributed by atoms with Gasteiger partial charge in [-0.3, -0.25) is 0 Å². The molecular weight excluding hydrogens is 661 g/mol. The van der Waals surface area contributed by atoms with Crippen LogP contribution in [0.3, 0.4) is 0 Å². The standard InChI is InChI=1S/C48H32BNO2Si/c1-4-15-34(16-5-1)53(35-17-6-2-7-18-35,36-19-8-3-9-20-36)37-28-30-45-41(32-37)40-23-14-26-47-48(40)49(52-45)42-31-33(27-29-46(42)51-47)50-43-24-12-10-21-38(43)39-22-11-13-25-44(39)50/h1-32H. The van der Waals surface area contributed by atoms with Crippen LogP contribution in [0, 0.1) is 0 Å². The monoisotopic (exact) mass is 693 g/mol. The second kappa shape index (κ2) is 11.7. The molecule has 0 radical (unpaired) electrons. The lowest BCUT2D eigenvalue weighted by molar-refractivity contribution is 0.479. The molecule has 2 aliphatic heterocycles. The molecule has 2 aliphatic rings. The fourth-order valence-electron chi connectivity index (χ4n) is 8.98. The fourth-order valence-corrected chi connectivity index (χ4v) is 13.7. The largest absolute Gasteiger partial charge is 0.551 e. The Hall–Kier alpha value is -6.56. The lowest BCUT2D eigenvalue weighted by atomic mass is 9.51. The molecule has 0 saturated heterocycles. The first-order valence-electron chi connectivity index (χ1n) is 18.2. The van der Waals surface area contributed by atoms with Gasteiger partial charge in [0.25, 0.3) is 0 Å². The van der Waals surface area contributed by atoms with E-state index in [4.69, 9.17) is 9.39 Å². The van der Waals surface area contributed by atoms with Gasteiger partial charge in [-0.25, -0.2) is 0 Å². The van der Waals surface area contributed by atoms with Gasteiger partial charge in [0.15, 0.2) is 8.07 Å². The van der Waals surface area contributed by atoms with Crippen LogP contribution in [0.2, 0.25) is 0 Å². The third kappa shape index (κ3) is 4.41. The maximum atomic E-state index is 7.12.